The first kappa shape index (κ1) is 18.8. The largest absolute Gasteiger partial charge is 0.443 e. The van der Waals surface area contributed by atoms with E-state index in [2.05, 4.69) is 15.2 Å². The van der Waals surface area contributed by atoms with E-state index in [4.69, 9.17) is 4.74 Å². The molecule has 8 nitrogen and oxygen atoms in total. The van der Waals surface area contributed by atoms with E-state index >= 15 is 0 Å². The highest BCUT2D eigenvalue weighted by molar-refractivity contribution is 5.93. The topological polar surface area (TPSA) is 93.4 Å². The zero-order valence-corrected chi connectivity index (χ0v) is 16.1. The maximum absolute atomic E-state index is 12.2. The van der Waals surface area contributed by atoms with E-state index in [1.54, 1.807) is 25.4 Å². The van der Waals surface area contributed by atoms with Gasteiger partial charge in [0.1, 0.15) is 11.2 Å². The summed E-state index contributed by atoms with van der Waals surface area (Å²) in [4.78, 5) is 17.9. The van der Waals surface area contributed by atoms with Crippen molar-refractivity contribution in [2.45, 2.75) is 33.0 Å². The molecule has 0 spiro atoms. The molecule has 0 radical (unpaired) electrons. The number of ether oxygens (including phenoxy) is 1. The second-order valence-electron chi connectivity index (χ2n) is 7.26. The standard InChI is InChI=1S/C19H23N5O3/c1-19(2,3)27-18(26)24(5)16-7-6-15(21-22-16)13-8-9-20-17-14(13)10-12(11-25)23(17)4/h6-10,25H,11H2,1-5H3. The van der Waals surface area contributed by atoms with Crippen LogP contribution in [0.1, 0.15) is 26.5 Å². The summed E-state index contributed by atoms with van der Waals surface area (Å²) < 4.78 is 7.18. The predicted molar refractivity (Wildman–Crippen MR) is 102 cm³/mol. The highest BCUT2D eigenvalue weighted by atomic mass is 16.6. The summed E-state index contributed by atoms with van der Waals surface area (Å²) in [6.07, 6.45) is 1.20. The predicted octanol–water partition coefficient (Wildman–Crippen LogP) is 2.89. The summed E-state index contributed by atoms with van der Waals surface area (Å²) in [6, 6.07) is 7.25. The van der Waals surface area contributed by atoms with Gasteiger partial charge in [-0.3, -0.25) is 4.90 Å². The number of hydrogen-bond acceptors (Lipinski definition) is 6. The molecule has 0 saturated heterocycles. The van der Waals surface area contributed by atoms with Crippen LogP contribution in [-0.2, 0) is 18.4 Å². The molecule has 3 aromatic heterocycles. The van der Waals surface area contributed by atoms with Crippen molar-refractivity contribution < 1.29 is 14.6 Å². The average molecular weight is 369 g/mol. The van der Waals surface area contributed by atoms with E-state index in [0.717, 1.165) is 22.3 Å². The summed E-state index contributed by atoms with van der Waals surface area (Å²) in [5.74, 6) is 0.391. The van der Waals surface area contributed by atoms with Crippen molar-refractivity contribution in [3.05, 3.63) is 36.2 Å². The number of aliphatic hydroxyl groups is 1. The molecule has 142 valence electrons. The van der Waals surface area contributed by atoms with Crippen LogP contribution < -0.4 is 4.90 Å². The fraction of sp³-hybridized carbons (Fsp3) is 0.368. The minimum absolute atomic E-state index is 0.0718. The van der Waals surface area contributed by atoms with Gasteiger partial charge in [0, 0.05) is 36.9 Å². The monoisotopic (exact) mass is 369 g/mol. The van der Waals surface area contributed by atoms with Crippen molar-refractivity contribution in [1.82, 2.24) is 19.7 Å². The van der Waals surface area contributed by atoms with Crippen LogP contribution in [-0.4, -0.2) is 43.6 Å². The maximum atomic E-state index is 12.2. The number of fused-ring (bicyclic) bond motifs is 1. The van der Waals surface area contributed by atoms with Crippen LogP contribution in [0.4, 0.5) is 10.6 Å². The Bertz CT molecular complexity index is 973. The number of amides is 1. The summed E-state index contributed by atoms with van der Waals surface area (Å²) in [7, 11) is 3.45. The van der Waals surface area contributed by atoms with E-state index in [9.17, 15) is 9.90 Å². The fourth-order valence-corrected chi connectivity index (χ4v) is 2.72. The second kappa shape index (κ2) is 6.96. The zero-order valence-electron chi connectivity index (χ0n) is 16.1. The second-order valence-corrected chi connectivity index (χ2v) is 7.26. The van der Waals surface area contributed by atoms with Crippen LogP contribution in [0, 0.1) is 0 Å². The summed E-state index contributed by atoms with van der Waals surface area (Å²) in [6.45, 7) is 5.35. The van der Waals surface area contributed by atoms with Gasteiger partial charge in [-0.2, -0.15) is 0 Å². The van der Waals surface area contributed by atoms with Crippen LogP contribution >= 0.6 is 0 Å². The van der Waals surface area contributed by atoms with E-state index in [1.165, 1.54) is 4.90 Å². The molecule has 1 amide bonds. The Morgan fingerprint density at radius 3 is 2.59 bits per heavy atom. The van der Waals surface area contributed by atoms with Gasteiger partial charge in [-0.15, -0.1) is 10.2 Å². The number of aryl methyl sites for hydroxylation is 1. The number of aliphatic hydroxyl groups excluding tert-OH is 1. The van der Waals surface area contributed by atoms with E-state index in [0.29, 0.717) is 11.5 Å². The molecule has 0 atom stereocenters. The van der Waals surface area contributed by atoms with Gasteiger partial charge in [-0.25, -0.2) is 9.78 Å². The van der Waals surface area contributed by atoms with E-state index < -0.39 is 11.7 Å². The molecular weight excluding hydrogens is 346 g/mol. The molecule has 3 rings (SSSR count). The fourth-order valence-electron chi connectivity index (χ4n) is 2.72. The SMILES string of the molecule is CN(C(=O)OC(C)(C)C)c1ccc(-c2ccnc3c2cc(CO)n3C)nn1. The molecule has 8 heteroatoms. The molecule has 0 aliphatic rings. The van der Waals surface area contributed by atoms with E-state index in [1.807, 2.05) is 44.5 Å². The molecule has 3 heterocycles. The lowest BCUT2D eigenvalue weighted by Gasteiger charge is -2.23. The average Bonchev–Trinajstić information content (AvgIpc) is 2.96. The summed E-state index contributed by atoms with van der Waals surface area (Å²) >= 11 is 0. The van der Waals surface area contributed by atoms with Gasteiger partial charge in [0.2, 0.25) is 0 Å². The van der Waals surface area contributed by atoms with Crippen LogP contribution in [0.2, 0.25) is 0 Å². The summed E-state index contributed by atoms with van der Waals surface area (Å²) in [5, 5.41) is 18.8. The third-order valence-electron chi connectivity index (χ3n) is 4.13. The lowest BCUT2D eigenvalue weighted by Crippen LogP contribution is -2.34. The molecule has 0 aromatic carbocycles. The quantitative estimate of drug-likeness (QED) is 0.763. The first-order valence-corrected chi connectivity index (χ1v) is 8.56. The molecule has 0 unspecified atom stereocenters. The van der Waals surface area contributed by atoms with Crippen LogP contribution in [0.3, 0.4) is 0 Å². The molecule has 1 N–H and O–H groups in total. The third kappa shape index (κ3) is 3.75. The van der Waals surface area contributed by atoms with Crippen molar-refractivity contribution in [3.63, 3.8) is 0 Å². The van der Waals surface area contributed by atoms with Gasteiger partial charge in [0.25, 0.3) is 0 Å². The highest BCUT2D eigenvalue weighted by Crippen LogP contribution is 2.28. The number of carbonyl (C=O) groups excluding carboxylic acids is 1. The Morgan fingerprint density at radius 2 is 2.00 bits per heavy atom. The molecule has 0 aliphatic carbocycles. The molecule has 0 fully saturated rings. The van der Waals surface area contributed by atoms with Crippen LogP contribution in [0.25, 0.3) is 22.3 Å². The number of aromatic nitrogens is 4. The van der Waals surface area contributed by atoms with Crippen LogP contribution in [0.5, 0.6) is 0 Å². The van der Waals surface area contributed by atoms with Gasteiger partial charge >= 0.3 is 6.09 Å². The number of rotatable bonds is 3. The van der Waals surface area contributed by atoms with Crippen molar-refractivity contribution in [1.29, 1.82) is 0 Å². The van der Waals surface area contributed by atoms with Gasteiger partial charge in [-0.1, -0.05) is 0 Å². The van der Waals surface area contributed by atoms with Crippen molar-refractivity contribution >= 4 is 22.9 Å². The van der Waals surface area contributed by atoms with Gasteiger partial charge in [0.05, 0.1) is 12.3 Å². The number of carbonyl (C=O) groups is 1. The van der Waals surface area contributed by atoms with Gasteiger partial charge < -0.3 is 14.4 Å². The van der Waals surface area contributed by atoms with Gasteiger partial charge in [-0.05, 0) is 45.0 Å². The van der Waals surface area contributed by atoms with Crippen molar-refractivity contribution in [2.75, 3.05) is 11.9 Å². The Hall–Kier alpha value is -3.00. The number of anilines is 1. The first-order chi connectivity index (χ1) is 12.7. The summed E-state index contributed by atoms with van der Waals surface area (Å²) in [5.41, 5.74) is 2.44. The number of pyridine rings is 1. The Balaban J connectivity index is 1.92. The molecule has 0 aliphatic heterocycles. The zero-order chi connectivity index (χ0) is 19.8. The first-order valence-electron chi connectivity index (χ1n) is 8.56. The normalized spacial score (nSPS) is 11.6. The number of nitrogens with zero attached hydrogens (tertiary/aromatic N) is 5. The highest BCUT2D eigenvalue weighted by Gasteiger charge is 2.21. The molecule has 3 aromatic rings. The van der Waals surface area contributed by atoms with Gasteiger partial charge in [0.15, 0.2) is 5.82 Å². The van der Waals surface area contributed by atoms with Crippen molar-refractivity contribution in [2.24, 2.45) is 7.05 Å². The van der Waals surface area contributed by atoms with Crippen LogP contribution in [0.15, 0.2) is 30.5 Å². The smallest absolute Gasteiger partial charge is 0.415 e. The Morgan fingerprint density at radius 1 is 1.26 bits per heavy atom. The minimum Gasteiger partial charge on any atom is -0.443 e. The Labute approximate surface area is 157 Å². The van der Waals surface area contributed by atoms with Crippen molar-refractivity contribution in [3.8, 4) is 11.3 Å². The number of hydrogen-bond donors (Lipinski definition) is 1. The lowest BCUT2D eigenvalue weighted by atomic mass is 10.1. The molecular formula is C19H23N5O3. The molecule has 0 saturated carbocycles. The lowest BCUT2D eigenvalue weighted by molar-refractivity contribution is 0.0588. The molecule has 27 heavy (non-hydrogen) atoms. The molecule has 0 bridgehead atoms. The Kier molecular flexibility index (Phi) is 4.84. The maximum Gasteiger partial charge on any atom is 0.415 e. The third-order valence-corrected chi connectivity index (χ3v) is 4.13. The minimum atomic E-state index is -0.584. The van der Waals surface area contributed by atoms with E-state index in [-0.39, 0.29) is 6.61 Å².